The first kappa shape index (κ1) is 20.5. The number of aliphatic hydroxyl groups excluding tert-OH is 1. The Balaban J connectivity index is 0.000000441. The summed E-state index contributed by atoms with van der Waals surface area (Å²) < 4.78 is 0.936. The highest BCUT2D eigenvalue weighted by molar-refractivity contribution is 14.1. The predicted octanol–water partition coefficient (Wildman–Crippen LogP) is 3.74. The molecule has 1 rings (SSSR count). The largest absolute Gasteiger partial charge is 0.391 e. The molecule has 0 spiro atoms. The van der Waals surface area contributed by atoms with Gasteiger partial charge in [0.05, 0.1) is 27.7 Å². The van der Waals surface area contributed by atoms with Crippen LogP contribution in [0.15, 0.2) is 18.2 Å². The zero-order valence-electron chi connectivity index (χ0n) is 12.0. The van der Waals surface area contributed by atoms with E-state index in [2.05, 4.69) is 53.0 Å². The summed E-state index contributed by atoms with van der Waals surface area (Å²) in [6.07, 6.45) is 0. The highest BCUT2D eigenvalue weighted by Crippen LogP contribution is 2.19. The zero-order chi connectivity index (χ0) is 15.8. The van der Waals surface area contributed by atoms with Crippen LogP contribution in [0.5, 0.6) is 0 Å². The van der Waals surface area contributed by atoms with Gasteiger partial charge in [-0.15, -0.1) is 0 Å². The minimum Gasteiger partial charge on any atom is -0.391 e. The normalized spacial score (nSPS) is 10.8. The molecule has 1 aromatic rings. The molecule has 0 aliphatic carbocycles. The SMILES string of the molecule is C[N+](C)(C)CCO.O=C(I)c1cc(CBr)ccc1CBr. The van der Waals surface area contributed by atoms with Crippen molar-refractivity contribution in [2.75, 3.05) is 34.3 Å². The average molecular weight is 522 g/mol. The molecule has 0 atom stereocenters. The Kier molecular flexibility index (Phi) is 10.5. The molecule has 0 unspecified atom stereocenters. The first-order valence-corrected chi connectivity index (χ1v) is 9.42. The summed E-state index contributed by atoms with van der Waals surface area (Å²) >= 11 is 8.53. The molecule has 0 radical (unpaired) electrons. The molecule has 114 valence electrons. The van der Waals surface area contributed by atoms with E-state index >= 15 is 0 Å². The van der Waals surface area contributed by atoms with Gasteiger partial charge >= 0.3 is 0 Å². The van der Waals surface area contributed by atoms with Gasteiger partial charge in [-0.3, -0.25) is 4.79 Å². The Bertz CT molecular complexity index is 434. The minimum absolute atomic E-state index is 0.0925. The lowest BCUT2D eigenvalue weighted by atomic mass is 10.1. The van der Waals surface area contributed by atoms with Crippen LogP contribution in [0.3, 0.4) is 0 Å². The second-order valence-electron chi connectivity index (χ2n) is 5.27. The van der Waals surface area contributed by atoms with Gasteiger partial charge in [0, 0.05) is 38.8 Å². The van der Waals surface area contributed by atoms with Gasteiger partial charge in [-0.1, -0.05) is 44.0 Å². The molecule has 3 nitrogen and oxygen atoms in total. The quantitative estimate of drug-likeness (QED) is 0.277. The Morgan fingerprint density at radius 2 is 1.85 bits per heavy atom. The second kappa shape index (κ2) is 10.3. The summed E-state index contributed by atoms with van der Waals surface area (Å²) in [5.41, 5.74) is 2.98. The van der Waals surface area contributed by atoms with Crippen molar-refractivity contribution in [2.24, 2.45) is 0 Å². The van der Waals surface area contributed by atoms with Crippen molar-refractivity contribution in [3.63, 3.8) is 0 Å². The molecule has 0 fully saturated rings. The molecule has 0 amide bonds. The van der Waals surface area contributed by atoms with Gasteiger partial charge in [-0.2, -0.15) is 0 Å². The minimum atomic E-state index is 0.0925. The molecule has 1 N–H and O–H groups in total. The fraction of sp³-hybridized carbons (Fsp3) is 0.500. The van der Waals surface area contributed by atoms with Gasteiger partial charge in [-0.05, 0) is 17.2 Å². The third-order valence-electron chi connectivity index (χ3n) is 2.46. The van der Waals surface area contributed by atoms with Crippen molar-refractivity contribution in [2.45, 2.75) is 10.7 Å². The Hall–Kier alpha value is 0.500. The summed E-state index contributed by atoms with van der Waals surface area (Å²) in [5, 5.41) is 9.89. The number of quaternary nitrogens is 1. The second-order valence-corrected chi connectivity index (χ2v) is 7.37. The van der Waals surface area contributed by atoms with Crippen LogP contribution in [0.4, 0.5) is 0 Å². The molecule has 0 aliphatic rings. The summed E-state index contributed by atoms with van der Waals surface area (Å²) in [6, 6.07) is 5.94. The Morgan fingerprint density at radius 1 is 1.25 bits per heavy atom. The monoisotopic (exact) mass is 520 g/mol. The molecule has 0 saturated carbocycles. The van der Waals surface area contributed by atoms with E-state index in [4.69, 9.17) is 5.11 Å². The molecule has 0 aromatic heterocycles. The van der Waals surface area contributed by atoms with Crippen LogP contribution < -0.4 is 0 Å². The average Bonchev–Trinajstić information content (AvgIpc) is 2.37. The van der Waals surface area contributed by atoms with Crippen LogP contribution in [-0.2, 0) is 10.7 Å². The number of likely N-dealkylation sites (N-methyl/N-ethyl adjacent to an activating group) is 1. The Morgan fingerprint density at radius 3 is 2.15 bits per heavy atom. The lowest BCUT2D eigenvalue weighted by Crippen LogP contribution is -2.36. The standard InChI is InChI=1S/C9H7Br2IO.C5H14NO/c10-4-6-1-2-7(5-11)8(3-6)9(12)13;1-6(2,3)4-5-7/h1-3H,4-5H2;7H,4-5H2,1-3H3/q;+1. The maximum atomic E-state index is 11.2. The van der Waals surface area contributed by atoms with Crippen LogP contribution in [0.25, 0.3) is 0 Å². The number of nitrogens with zero attached hydrogens (tertiary/aromatic N) is 1. The number of carbonyl (C=O) groups is 1. The van der Waals surface area contributed by atoms with Crippen LogP contribution in [-0.4, -0.2) is 47.7 Å². The van der Waals surface area contributed by atoms with Crippen molar-refractivity contribution in [1.29, 1.82) is 0 Å². The number of halogens is 3. The van der Waals surface area contributed by atoms with Crippen molar-refractivity contribution in [3.05, 3.63) is 34.9 Å². The van der Waals surface area contributed by atoms with Crippen LogP contribution in [0, 0.1) is 0 Å². The van der Waals surface area contributed by atoms with Crippen LogP contribution in [0.1, 0.15) is 21.5 Å². The maximum absolute atomic E-state index is 11.2. The molecular formula is C14H21Br2INO2+. The summed E-state index contributed by atoms with van der Waals surface area (Å²) in [6.45, 7) is 1.11. The predicted molar refractivity (Wildman–Crippen MR) is 100 cm³/mol. The molecule has 0 bridgehead atoms. The first-order valence-electron chi connectivity index (χ1n) is 6.10. The molecule has 1 aromatic carbocycles. The maximum Gasteiger partial charge on any atom is 0.222 e. The lowest BCUT2D eigenvalue weighted by molar-refractivity contribution is -0.870. The van der Waals surface area contributed by atoms with Gasteiger partial charge in [0.1, 0.15) is 6.54 Å². The number of aliphatic hydroxyl groups is 1. The summed E-state index contributed by atoms with van der Waals surface area (Å²) in [7, 11) is 6.16. The number of rotatable bonds is 5. The number of hydrogen-bond donors (Lipinski definition) is 1. The molecule has 6 heteroatoms. The molecule has 0 aliphatic heterocycles. The molecule has 0 heterocycles. The fourth-order valence-corrected chi connectivity index (χ4v) is 2.65. The first-order chi connectivity index (χ1) is 9.25. The van der Waals surface area contributed by atoms with E-state index in [0.29, 0.717) is 0 Å². The molecule has 20 heavy (non-hydrogen) atoms. The highest BCUT2D eigenvalue weighted by atomic mass is 127. The lowest BCUT2D eigenvalue weighted by Gasteiger charge is -2.21. The van der Waals surface area contributed by atoms with Crippen molar-refractivity contribution < 1.29 is 14.4 Å². The van der Waals surface area contributed by atoms with E-state index in [9.17, 15) is 4.79 Å². The van der Waals surface area contributed by atoms with E-state index < -0.39 is 0 Å². The van der Waals surface area contributed by atoms with Gasteiger partial charge in [0.25, 0.3) is 0 Å². The van der Waals surface area contributed by atoms with E-state index in [-0.39, 0.29) is 10.4 Å². The molecular weight excluding hydrogens is 501 g/mol. The van der Waals surface area contributed by atoms with Crippen LogP contribution in [0.2, 0.25) is 0 Å². The zero-order valence-corrected chi connectivity index (χ0v) is 17.3. The number of benzene rings is 1. The third-order valence-corrected chi connectivity index (χ3v) is 4.29. The van der Waals surface area contributed by atoms with Crippen molar-refractivity contribution >= 4 is 58.2 Å². The summed E-state index contributed by atoms with van der Waals surface area (Å²) in [5.74, 6) is 0. The topological polar surface area (TPSA) is 37.3 Å². The van der Waals surface area contributed by atoms with Gasteiger partial charge in [0.2, 0.25) is 3.79 Å². The Labute approximate surface area is 151 Å². The van der Waals surface area contributed by atoms with Gasteiger partial charge in [0.15, 0.2) is 0 Å². The third kappa shape index (κ3) is 8.71. The summed E-state index contributed by atoms with van der Waals surface area (Å²) in [4.78, 5) is 11.2. The van der Waals surface area contributed by atoms with Gasteiger partial charge < -0.3 is 9.59 Å². The van der Waals surface area contributed by atoms with Crippen LogP contribution >= 0.6 is 54.5 Å². The molecule has 0 saturated heterocycles. The number of hydrogen-bond acceptors (Lipinski definition) is 2. The van der Waals surface area contributed by atoms with E-state index in [1.54, 1.807) is 0 Å². The van der Waals surface area contributed by atoms with E-state index in [1.165, 1.54) is 0 Å². The number of carbonyl (C=O) groups excluding carboxylic acids is 1. The smallest absolute Gasteiger partial charge is 0.222 e. The fourth-order valence-electron chi connectivity index (χ4n) is 1.31. The van der Waals surface area contributed by atoms with Crippen molar-refractivity contribution in [1.82, 2.24) is 0 Å². The number of alkyl halides is 2. The van der Waals surface area contributed by atoms with E-state index in [1.807, 2.05) is 40.8 Å². The highest BCUT2D eigenvalue weighted by Gasteiger charge is 2.07. The van der Waals surface area contributed by atoms with Gasteiger partial charge in [-0.25, -0.2) is 0 Å². The van der Waals surface area contributed by atoms with Crippen molar-refractivity contribution in [3.8, 4) is 0 Å². The van der Waals surface area contributed by atoms with E-state index in [0.717, 1.165) is 38.4 Å².